The highest BCUT2D eigenvalue weighted by atomic mass is 16.1. The summed E-state index contributed by atoms with van der Waals surface area (Å²) in [5.74, 6) is 0.229. The van der Waals surface area contributed by atoms with E-state index >= 15 is 0 Å². The van der Waals surface area contributed by atoms with Crippen molar-refractivity contribution in [1.82, 2.24) is 4.57 Å². The van der Waals surface area contributed by atoms with Crippen LogP contribution in [0.15, 0.2) is 95.8 Å². The maximum absolute atomic E-state index is 13.7. The van der Waals surface area contributed by atoms with E-state index in [4.69, 9.17) is 0 Å². The van der Waals surface area contributed by atoms with E-state index in [1.807, 2.05) is 97.4 Å². The summed E-state index contributed by atoms with van der Waals surface area (Å²) >= 11 is 0. The lowest BCUT2D eigenvalue weighted by atomic mass is 9.96. The molecule has 0 fully saturated rings. The zero-order chi connectivity index (χ0) is 22.2. The fourth-order valence-electron chi connectivity index (χ4n) is 4.21. The van der Waals surface area contributed by atoms with Crippen molar-refractivity contribution in [2.24, 2.45) is 7.05 Å². The maximum atomic E-state index is 13.7. The number of benzene rings is 4. The Labute approximate surface area is 185 Å². The summed E-state index contributed by atoms with van der Waals surface area (Å²) in [6.45, 7) is 1.98. The Balaban J connectivity index is 1.80. The number of amides is 1. The van der Waals surface area contributed by atoms with E-state index in [9.17, 15) is 9.59 Å². The predicted molar refractivity (Wildman–Crippen MR) is 131 cm³/mol. The lowest BCUT2D eigenvalue weighted by Crippen LogP contribution is -2.21. The number of aryl methyl sites for hydroxylation is 2. The molecule has 0 aliphatic heterocycles. The highest BCUT2D eigenvalue weighted by Crippen LogP contribution is 2.33. The highest BCUT2D eigenvalue weighted by Gasteiger charge is 2.20. The van der Waals surface area contributed by atoms with Gasteiger partial charge < -0.3 is 9.88 Å². The van der Waals surface area contributed by atoms with Crippen LogP contribution < -0.4 is 10.7 Å². The largest absolute Gasteiger partial charge is 0.330 e. The number of pyridine rings is 1. The summed E-state index contributed by atoms with van der Waals surface area (Å²) in [4.78, 5) is 26.9. The number of para-hydroxylation sites is 1. The van der Waals surface area contributed by atoms with Crippen molar-refractivity contribution in [2.45, 2.75) is 6.92 Å². The minimum atomic E-state index is -0.253. The Hall–Kier alpha value is -4.18. The van der Waals surface area contributed by atoms with Crippen LogP contribution >= 0.6 is 0 Å². The summed E-state index contributed by atoms with van der Waals surface area (Å²) in [6.07, 6.45) is 0. The van der Waals surface area contributed by atoms with Gasteiger partial charge in [-0.1, -0.05) is 72.3 Å². The van der Waals surface area contributed by atoms with Crippen LogP contribution in [0.1, 0.15) is 15.9 Å². The fourth-order valence-corrected chi connectivity index (χ4v) is 4.21. The molecule has 4 nitrogen and oxygen atoms in total. The number of hydrogen-bond acceptors (Lipinski definition) is 2. The number of rotatable bonds is 3. The molecular weight excluding hydrogens is 396 g/mol. The van der Waals surface area contributed by atoms with E-state index in [1.165, 1.54) is 0 Å². The second kappa shape index (κ2) is 7.82. The number of anilines is 1. The molecule has 0 bridgehead atoms. The van der Waals surface area contributed by atoms with Gasteiger partial charge in [0.15, 0.2) is 5.43 Å². The van der Waals surface area contributed by atoms with Crippen molar-refractivity contribution in [3.8, 4) is 11.1 Å². The average Bonchev–Trinajstić information content (AvgIpc) is 2.83. The molecule has 4 heteroatoms. The van der Waals surface area contributed by atoms with Crippen molar-refractivity contribution in [3.05, 3.63) is 112 Å². The molecule has 4 aromatic carbocycles. The molecule has 0 aliphatic rings. The Morgan fingerprint density at radius 3 is 2.22 bits per heavy atom. The second-order valence-electron chi connectivity index (χ2n) is 7.98. The monoisotopic (exact) mass is 418 g/mol. The first-order chi connectivity index (χ1) is 15.5. The Kier molecular flexibility index (Phi) is 4.83. The molecule has 5 aromatic rings. The van der Waals surface area contributed by atoms with Gasteiger partial charge in [0.2, 0.25) is 0 Å². The summed E-state index contributed by atoms with van der Waals surface area (Å²) in [7, 11) is 1.88. The maximum Gasteiger partial charge on any atom is 0.256 e. The van der Waals surface area contributed by atoms with Gasteiger partial charge in [-0.3, -0.25) is 9.59 Å². The smallest absolute Gasteiger partial charge is 0.256 e. The number of fused-ring (bicyclic) bond motifs is 2. The average molecular weight is 418 g/mol. The standard InChI is InChI=1S/C28H22N2O2/c1-18-14-16-20(17-15-18)28(32)29-27-25(22-12-7-9-19-8-3-4-10-21(19)22)26(31)23-11-5-6-13-24(23)30(27)2/h3-17H,1-2H3,(H,29,32). The van der Waals surface area contributed by atoms with Gasteiger partial charge in [-0.15, -0.1) is 0 Å². The van der Waals surface area contributed by atoms with E-state index in [0.29, 0.717) is 22.3 Å². The van der Waals surface area contributed by atoms with Gasteiger partial charge in [0.25, 0.3) is 5.91 Å². The molecule has 32 heavy (non-hydrogen) atoms. The molecule has 1 N–H and O–H groups in total. The first-order valence-electron chi connectivity index (χ1n) is 10.5. The Bertz CT molecular complexity index is 1540. The Morgan fingerprint density at radius 1 is 0.781 bits per heavy atom. The lowest BCUT2D eigenvalue weighted by Gasteiger charge is -2.19. The van der Waals surface area contributed by atoms with Crippen LogP contribution in [0.4, 0.5) is 5.82 Å². The second-order valence-corrected chi connectivity index (χ2v) is 7.98. The van der Waals surface area contributed by atoms with E-state index in [1.54, 1.807) is 12.1 Å². The SMILES string of the molecule is Cc1ccc(C(=O)Nc2c(-c3cccc4ccccc34)c(=O)c3ccccc3n2C)cc1. The third-order valence-corrected chi connectivity index (χ3v) is 5.91. The van der Waals surface area contributed by atoms with Crippen molar-refractivity contribution < 1.29 is 4.79 Å². The molecule has 0 atom stereocenters. The quantitative estimate of drug-likeness (QED) is 0.395. The first-order valence-corrected chi connectivity index (χ1v) is 10.5. The van der Waals surface area contributed by atoms with Crippen molar-refractivity contribution in [1.29, 1.82) is 0 Å². The van der Waals surface area contributed by atoms with Crippen LogP contribution in [0.3, 0.4) is 0 Å². The molecule has 0 spiro atoms. The molecular formula is C28H22N2O2. The summed E-state index contributed by atoms with van der Waals surface area (Å²) < 4.78 is 1.89. The van der Waals surface area contributed by atoms with E-state index in [2.05, 4.69) is 5.32 Å². The molecule has 0 unspecified atom stereocenters. The van der Waals surface area contributed by atoms with Gasteiger partial charge in [-0.05, 0) is 47.5 Å². The zero-order valence-electron chi connectivity index (χ0n) is 17.9. The van der Waals surface area contributed by atoms with E-state index in [-0.39, 0.29) is 11.3 Å². The number of nitrogens with one attached hydrogen (secondary N) is 1. The van der Waals surface area contributed by atoms with Crippen LogP contribution in [0.25, 0.3) is 32.8 Å². The number of nitrogens with zero attached hydrogens (tertiary/aromatic N) is 1. The highest BCUT2D eigenvalue weighted by molar-refractivity contribution is 6.09. The van der Waals surface area contributed by atoms with Gasteiger partial charge in [0.1, 0.15) is 5.82 Å². The number of aromatic nitrogens is 1. The molecule has 5 rings (SSSR count). The molecule has 1 aromatic heterocycles. The van der Waals surface area contributed by atoms with Gasteiger partial charge in [0, 0.05) is 18.0 Å². The normalized spacial score (nSPS) is 11.1. The van der Waals surface area contributed by atoms with Crippen LogP contribution in [0, 0.1) is 6.92 Å². The van der Waals surface area contributed by atoms with Crippen LogP contribution in [-0.4, -0.2) is 10.5 Å². The predicted octanol–water partition coefficient (Wildman–Crippen LogP) is 5.92. The molecule has 0 radical (unpaired) electrons. The van der Waals surface area contributed by atoms with Crippen LogP contribution in [-0.2, 0) is 7.05 Å². The summed E-state index contributed by atoms with van der Waals surface area (Å²) in [5.41, 5.74) is 3.57. The minimum Gasteiger partial charge on any atom is -0.330 e. The van der Waals surface area contributed by atoms with Crippen molar-refractivity contribution in [2.75, 3.05) is 5.32 Å². The van der Waals surface area contributed by atoms with Gasteiger partial charge in [0.05, 0.1) is 11.1 Å². The third kappa shape index (κ3) is 3.26. The lowest BCUT2D eigenvalue weighted by molar-refractivity contribution is 0.102. The van der Waals surface area contributed by atoms with Crippen molar-refractivity contribution in [3.63, 3.8) is 0 Å². The van der Waals surface area contributed by atoms with Crippen LogP contribution in [0.2, 0.25) is 0 Å². The number of hydrogen-bond donors (Lipinski definition) is 1. The molecule has 156 valence electrons. The van der Waals surface area contributed by atoms with Crippen LogP contribution in [0.5, 0.6) is 0 Å². The molecule has 0 saturated heterocycles. The molecule has 0 aliphatic carbocycles. The molecule has 1 amide bonds. The Morgan fingerprint density at radius 2 is 1.44 bits per heavy atom. The zero-order valence-corrected chi connectivity index (χ0v) is 17.9. The fraction of sp³-hybridized carbons (Fsp3) is 0.0714. The summed E-state index contributed by atoms with van der Waals surface area (Å²) in [6, 6.07) is 28.7. The number of carbonyl (C=O) groups excluding carboxylic acids is 1. The van der Waals surface area contributed by atoms with E-state index < -0.39 is 0 Å². The van der Waals surface area contributed by atoms with Gasteiger partial charge >= 0.3 is 0 Å². The topological polar surface area (TPSA) is 51.1 Å². The first kappa shape index (κ1) is 19.8. The minimum absolute atomic E-state index is 0.103. The third-order valence-electron chi connectivity index (χ3n) is 5.91. The van der Waals surface area contributed by atoms with E-state index in [0.717, 1.165) is 27.4 Å². The van der Waals surface area contributed by atoms with Gasteiger partial charge in [-0.25, -0.2) is 0 Å². The number of carbonyl (C=O) groups is 1. The molecule has 0 saturated carbocycles. The summed E-state index contributed by atoms with van der Waals surface area (Å²) in [5, 5.41) is 5.66. The van der Waals surface area contributed by atoms with Crippen molar-refractivity contribution >= 4 is 33.4 Å². The van der Waals surface area contributed by atoms with Gasteiger partial charge in [-0.2, -0.15) is 0 Å². The molecule has 1 heterocycles.